The van der Waals surface area contributed by atoms with Crippen LogP contribution in [0, 0.1) is 0 Å². The van der Waals surface area contributed by atoms with Crippen LogP contribution in [0.4, 0.5) is 0 Å². The van der Waals surface area contributed by atoms with Gasteiger partial charge in [0.25, 0.3) is 0 Å². The Labute approximate surface area is 87.3 Å². The summed E-state index contributed by atoms with van der Waals surface area (Å²) in [5.41, 5.74) is 1.29. The van der Waals surface area contributed by atoms with Crippen LogP contribution in [-0.4, -0.2) is 7.11 Å². The van der Waals surface area contributed by atoms with Gasteiger partial charge in [0.1, 0.15) is 5.75 Å². The van der Waals surface area contributed by atoms with Gasteiger partial charge in [-0.05, 0) is 31.5 Å². The molecule has 12 heavy (non-hydrogen) atoms. The van der Waals surface area contributed by atoms with Gasteiger partial charge < -0.3 is 4.74 Å². The molecule has 0 atom stereocenters. The number of methoxy groups -OCH3 is 1. The van der Waals surface area contributed by atoms with Gasteiger partial charge in [0.15, 0.2) is 0 Å². The van der Waals surface area contributed by atoms with Gasteiger partial charge in [0.05, 0.1) is 7.11 Å². The molecule has 66 valence electrons. The molecule has 0 amide bonds. The molecule has 0 aliphatic rings. The van der Waals surface area contributed by atoms with Gasteiger partial charge in [-0.3, -0.25) is 0 Å². The van der Waals surface area contributed by atoms with Crippen LogP contribution in [0.25, 0.3) is 0 Å². The van der Waals surface area contributed by atoms with E-state index < -0.39 is 0 Å². The van der Waals surface area contributed by atoms with Crippen LogP contribution in [-0.2, 0) is 3.42 Å². The highest BCUT2D eigenvalue weighted by molar-refractivity contribution is 14.1. The summed E-state index contributed by atoms with van der Waals surface area (Å²) in [5, 5.41) is 0. The fourth-order valence-electron chi connectivity index (χ4n) is 0.993. The van der Waals surface area contributed by atoms with Crippen LogP contribution in [0.1, 0.15) is 19.4 Å². The highest BCUT2D eigenvalue weighted by Gasteiger charge is 2.15. The lowest BCUT2D eigenvalue weighted by Crippen LogP contribution is -2.05. The highest BCUT2D eigenvalue weighted by Crippen LogP contribution is 2.32. The van der Waals surface area contributed by atoms with Crippen molar-refractivity contribution < 1.29 is 4.74 Å². The van der Waals surface area contributed by atoms with E-state index in [0.717, 1.165) is 5.75 Å². The molecule has 1 aromatic carbocycles. The van der Waals surface area contributed by atoms with Crippen molar-refractivity contribution in [2.24, 2.45) is 0 Å². The van der Waals surface area contributed by atoms with E-state index in [1.54, 1.807) is 7.11 Å². The quantitative estimate of drug-likeness (QED) is 0.594. The normalized spacial score (nSPS) is 11.3. The van der Waals surface area contributed by atoms with E-state index in [2.05, 4.69) is 48.6 Å². The Hall–Kier alpha value is -0.250. The van der Waals surface area contributed by atoms with Gasteiger partial charge in [-0.25, -0.2) is 0 Å². The summed E-state index contributed by atoms with van der Waals surface area (Å²) in [6, 6.07) is 8.18. The zero-order chi connectivity index (χ0) is 9.19. The van der Waals surface area contributed by atoms with Crippen molar-refractivity contribution in [2.45, 2.75) is 17.3 Å². The first-order valence-corrected chi connectivity index (χ1v) is 4.95. The molecular weight excluding hydrogens is 263 g/mol. The van der Waals surface area contributed by atoms with Crippen LogP contribution in [0.3, 0.4) is 0 Å². The molecule has 0 heterocycles. The molecule has 0 aliphatic heterocycles. The van der Waals surface area contributed by atoms with Gasteiger partial charge in [0.2, 0.25) is 0 Å². The summed E-state index contributed by atoms with van der Waals surface area (Å²) in [6.07, 6.45) is 0. The molecule has 0 fully saturated rings. The third-order valence-electron chi connectivity index (χ3n) is 1.76. The molecule has 0 unspecified atom stereocenters. The molecule has 0 radical (unpaired) electrons. The summed E-state index contributed by atoms with van der Waals surface area (Å²) in [5.74, 6) is 0.928. The van der Waals surface area contributed by atoms with E-state index in [4.69, 9.17) is 4.74 Å². The van der Waals surface area contributed by atoms with Crippen molar-refractivity contribution in [1.82, 2.24) is 0 Å². The summed E-state index contributed by atoms with van der Waals surface area (Å²) >= 11 is 2.42. The zero-order valence-electron chi connectivity index (χ0n) is 7.60. The Morgan fingerprint density at radius 2 is 2.00 bits per heavy atom. The summed E-state index contributed by atoms with van der Waals surface area (Å²) in [6.45, 7) is 4.37. The lowest BCUT2D eigenvalue weighted by atomic mass is 10.0. The lowest BCUT2D eigenvalue weighted by molar-refractivity contribution is 0.414. The SMILES string of the molecule is COc1cccc(C(C)(C)I)c1. The molecule has 0 aliphatic carbocycles. The fourth-order valence-corrected chi connectivity index (χ4v) is 1.33. The second-order valence-electron chi connectivity index (χ2n) is 3.20. The minimum atomic E-state index is 0.173. The number of hydrogen-bond acceptors (Lipinski definition) is 1. The first kappa shape index (κ1) is 9.84. The van der Waals surface area contributed by atoms with E-state index in [-0.39, 0.29) is 3.42 Å². The van der Waals surface area contributed by atoms with Crippen molar-refractivity contribution >= 4 is 22.6 Å². The first-order chi connectivity index (χ1) is 5.54. The molecule has 2 heteroatoms. The maximum Gasteiger partial charge on any atom is 0.119 e. The monoisotopic (exact) mass is 276 g/mol. The molecule has 1 nitrogen and oxygen atoms in total. The van der Waals surface area contributed by atoms with E-state index in [1.165, 1.54) is 5.56 Å². The van der Waals surface area contributed by atoms with E-state index in [9.17, 15) is 0 Å². The van der Waals surface area contributed by atoms with Crippen molar-refractivity contribution in [3.05, 3.63) is 29.8 Å². The second kappa shape index (κ2) is 3.64. The molecule has 0 N–H and O–H groups in total. The number of rotatable bonds is 2. The molecule has 0 bridgehead atoms. The van der Waals surface area contributed by atoms with E-state index in [1.807, 2.05) is 12.1 Å². The van der Waals surface area contributed by atoms with Crippen LogP contribution < -0.4 is 4.74 Å². The van der Waals surface area contributed by atoms with Crippen molar-refractivity contribution in [3.63, 3.8) is 0 Å². The van der Waals surface area contributed by atoms with Gasteiger partial charge in [0, 0.05) is 3.42 Å². The Morgan fingerprint density at radius 3 is 2.50 bits per heavy atom. The molecule has 0 saturated heterocycles. The predicted octanol–water partition coefficient (Wildman–Crippen LogP) is 3.37. The first-order valence-electron chi connectivity index (χ1n) is 3.87. The number of halogens is 1. The Morgan fingerprint density at radius 1 is 1.33 bits per heavy atom. The van der Waals surface area contributed by atoms with Crippen LogP contribution >= 0.6 is 22.6 Å². The number of benzene rings is 1. The van der Waals surface area contributed by atoms with Crippen LogP contribution in [0.5, 0.6) is 5.75 Å². The summed E-state index contributed by atoms with van der Waals surface area (Å²) in [4.78, 5) is 0. The molecule has 0 aromatic heterocycles. The number of alkyl halides is 1. The predicted molar refractivity (Wildman–Crippen MR) is 60.0 cm³/mol. The van der Waals surface area contributed by atoms with Gasteiger partial charge in [-0.15, -0.1) is 0 Å². The standard InChI is InChI=1S/C10H13IO/c1-10(2,11)8-5-4-6-9(7-8)12-3/h4-7H,1-3H3. The largest absolute Gasteiger partial charge is 0.497 e. The number of hydrogen-bond donors (Lipinski definition) is 0. The van der Waals surface area contributed by atoms with E-state index in [0.29, 0.717) is 0 Å². The van der Waals surface area contributed by atoms with Crippen molar-refractivity contribution in [1.29, 1.82) is 0 Å². The topological polar surface area (TPSA) is 9.23 Å². The molecular formula is C10H13IO. The smallest absolute Gasteiger partial charge is 0.119 e. The minimum absolute atomic E-state index is 0.173. The third-order valence-corrected chi connectivity index (χ3v) is 2.38. The lowest BCUT2D eigenvalue weighted by Gasteiger charge is -2.17. The highest BCUT2D eigenvalue weighted by atomic mass is 127. The van der Waals surface area contributed by atoms with Crippen molar-refractivity contribution in [2.75, 3.05) is 7.11 Å². The maximum absolute atomic E-state index is 5.15. The molecule has 0 spiro atoms. The summed E-state index contributed by atoms with van der Waals surface area (Å²) in [7, 11) is 1.69. The molecule has 1 rings (SSSR count). The van der Waals surface area contributed by atoms with E-state index >= 15 is 0 Å². The zero-order valence-corrected chi connectivity index (χ0v) is 9.75. The maximum atomic E-state index is 5.15. The summed E-state index contributed by atoms with van der Waals surface area (Å²) < 4.78 is 5.32. The molecule has 1 aromatic rings. The average molecular weight is 276 g/mol. The number of ether oxygens (including phenoxy) is 1. The molecule has 0 saturated carbocycles. The van der Waals surface area contributed by atoms with Crippen LogP contribution in [0.2, 0.25) is 0 Å². The Kier molecular flexibility index (Phi) is 2.99. The Bertz CT molecular complexity index is 263. The third kappa shape index (κ3) is 2.37. The fraction of sp³-hybridized carbons (Fsp3) is 0.400. The van der Waals surface area contributed by atoms with Gasteiger partial charge in [-0.2, -0.15) is 0 Å². The second-order valence-corrected chi connectivity index (χ2v) is 5.90. The van der Waals surface area contributed by atoms with Gasteiger partial charge >= 0.3 is 0 Å². The average Bonchev–Trinajstić information content (AvgIpc) is 2.03. The Balaban J connectivity index is 3.02. The van der Waals surface area contributed by atoms with Gasteiger partial charge in [-0.1, -0.05) is 34.7 Å². The minimum Gasteiger partial charge on any atom is -0.497 e. The van der Waals surface area contributed by atoms with Crippen molar-refractivity contribution in [3.8, 4) is 5.75 Å². The van der Waals surface area contributed by atoms with Crippen LogP contribution in [0.15, 0.2) is 24.3 Å².